The molecule has 0 radical (unpaired) electrons. The van der Waals surface area contributed by atoms with Crippen molar-refractivity contribution in [3.63, 3.8) is 0 Å². The van der Waals surface area contributed by atoms with Crippen LogP contribution in [-0.4, -0.2) is 42.0 Å². The Balaban J connectivity index is 1.64. The van der Waals surface area contributed by atoms with E-state index in [0.717, 1.165) is 18.4 Å². The molecule has 0 N–H and O–H groups in total. The van der Waals surface area contributed by atoms with Gasteiger partial charge in [0.25, 0.3) is 0 Å². The normalized spacial score (nSPS) is 21.4. The van der Waals surface area contributed by atoms with Gasteiger partial charge in [-0.15, -0.1) is 0 Å². The molecule has 0 bridgehead atoms. The highest BCUT2D eigenvalue weighted by Gasteiger charge is 2.62. The van der Waals surface area contributed by atoms with E-state index in [-0.39, 0.29) is 6.61 Å². The van der Waals surface area contributed by atoms with Crippen molar-refractivity contribution in [1.29, 1.82) is 0 Å². The zero-order chi connectivity index (χ0) is 14.9. The first-order chi connectivity index (χ1) is 10.2. The van der Waals surface area contributed by atoms with E-state index in [0.29, 0.717) is 0 Å². The standard InChI is InChI=1S/C15H16N2O4/c1-20-13(18)12-15(7-8-15)17(10-16-12)14(19)21-9-11-5-3-2-4-6-11/h2-6,10,12H,7-9H2,1H3. The lowest BCUT2D eigenvalue weighted by Crippen LogP contribution is -2.46. The van der Waals surface area contributed by atoms with Crippen LogP contribution in [0.5, 0.6) is 0 Å². The van der Waals surface area contributed by atoms with Crippen LogP contribution in [0.3, 0.4) is 0 Å². The van der Waals surface area contributed by atoms with Crippen molar-refractivity contribution in [2.45, 2.75) is 31.0 Å². The van der Waals surface area contributed by atoms with Crippen LogP contribution < -0.4 is 0 Å². The van der Waals surface area contributed by atoms with Crippen molar-refractivity contribution in [1.82, 2.24) is 4.90 Å². The van der Waals surface area contributed by atoms with E-state index in [9.17, 15) is 9.59 Å². The maximum atomic E-state index is 12.2. The summed E-state index contributed by atoms with van der Waals surface area (Å²) in [6, 6.07) is 8.81. The van der Waals surface area contributed by atoms with Crippen molar-refractivity contribution in [3.8, 4) is 0 Å². The molecule has 1 aromatic rings. The second-order valence-corrected chi connectivity index (χ2v) is 5.20. The number of methoxy groups -OCH3 is 1. The van der Waals surface area contributed by atoms with E-state index >= 15 is 0 Å². The molecule has 6 heteroatoms. The highest BCUT2D eigenvalue weighted by molar-refractivity contribution is 5.92. The summed E-state index contributed by atoms with van der Waals surface area (Å²) in [7, 11) is 1.32. The fourth-order valence-electron chi connectivity index (χ4n) is 2.57. The van der Waals surface area contributed by atoms with Crippen molar-refractivity contribution < 1.29 is 19.1 Å². The Morgan fingerprint density at radius 3 is 2.67 bits per heavy atom. The highest BCUT2D eigenvalue weighted by atomic mass is 16.6. The number of hydrogen-bond acceptors (Lipinski definition) is 5. The largest absolute Gasteiger partial charge is 0.467 e. The average molecular weight is 288 g/mol. The maximum Gasteiger partial charge on any atom is 0.415 e. The van der Waals surface area contributed by atoms with Gasteiger partial charge in [0.2, 0.25) is 0 Å². The molecule has 1 atom stereocenters. The molecule has 3 rings (SSSR count). The van der Waals surface area contributed by atoms with Gasteiger partial charge in [0, 0.05) is 0 Å². The van der Waals surface area contributed by atoms with Crippen LogP contribution >= 0.6 is 0 Å². The Hall–Kier alpha value is -2.37. The summed E-state index contributed by atoms with van der Waals surface area (Å²) < 4.78 is 10.0. The Morgan fingerprint density at radius 2 is 2.05 bits per heavy atom. The van der Waals surface area contributed by atoms with Crippen LogP contribution in [0.1, 0.15) is 18.4 Å². The van der Waals surface area contributed by atoms with E-state index in [1.165, 1.54) is 18.3 Å². The number of ether oxygens (including phenoxy) is 2. The van der Waals surface area contributed by atoms with Gasteiger partial charge >= 0.3 is 12.1 Å². The average Bonchev–Trinajstić information content (AvgIpc) is 3.20. The molecule has 1 aromatic carbocycles. The zero-order valence-electron chi connectivity index (χ0n) is 11.7. The van der Waals surface area contributed by atoms with Gasteiger partial charge < -0.3 is 9.47 Å². The number of carbonyl (C=O) groups is 2. The smallest absolute Gasteiger partial charge is 0.415 e. The number of hydrogen-bond donors (Lipinski definition) is 0. The predicted molar refractivity (Wildman–Crippen MR) is 74.7 cm³/mol. The van der Waals surface area contributed by atoms with Gasteiger partial charge in [-0.1, -0.05) is 30.3 Å². The first-order valence-electron chi connectivity index (χ1n) is 6.78. The van der Waals surface area contributed by atoms with Crippen LogP contribution in [-0.2, 0) is 20.9 Å². The van der Waals surface area contributed by atoms with E-state index in [2.05, 4.69) is 4.99 Å². The molecule has 0 aromatic heterocycles. The van der Waals surface area contributed by atoms with E-state index in [1.807, 2.05) is 30.3 Å². The minimum atomic E-state index is -0.633. The number of amides is 1. The minimum absolute atomic E-state index is 0.197. The molecule has 6 nitrogen and oxygen atoms in total. The number of aliphatic imine (C=N–C) groups is 1. The number of esters is 1. The lowest BCUT2D eigenvalue weighted by molar-refractivity contribution is -0.143. The molecule has 21 heavy (non-hydrogen) atoms. The lowest BCUT2D eigenvalue weighted by Gasteiger charge is -2.24. The molecule has 1 heterocycles. The quantitative estimate of drug-likeness (QED) is 0.794. The van der Waals surface area contributed by atoms with Crippen molar-refractivity contribution >= 4 is 18.4 Å². The predicted octanol–water partition coefficient (Wildman–Crippen LogP) is 1.74. The first-order valence-corrected chi connectivity index (χ1v) is 6.78. The Bertz CT molecular complexity index is 581. The molecule has 1 amide bonds. The molecule has 1 unspecified atom stereocenters. The molecule has 1 aliphatic carbocycles. The summed E-state index contributed by atoms with van der Waals surface area (Å²) in [5.41, 5.74) is 0.345. The van der Waals surface area contributed by atoms with E-state index in [4.69, 9.17) is 9.47 Å². The highest BCUT2D eigenvalue weighted by Crippen LogP contribution is 2.48. The fourth-order valence-corrected chi connectivity index (χ4v) is 2.57. The minimum Gasteiger partial charge on any atom is -0.467 e. The maximum absolute atomic E-state index is 12.2. The fraction of sp³-hybridized carbons (Fsp3) is 0.400. The number of nitrogens with zero attached hydrogens (tertiary/aromatic N) is 2. The third-order valence-electron chi connectivity index (χ3n) is 3.91. The molecule has 1 fully saturated rings. The van der Waals surface area contributed by atoms with Crippen LogP contribution in [0.15, 0.2) is 35.3 Å². The van der Waals surface area contributed by atoms with Gasteiger partial charge in [0.15, 0.2) is 6.04 Å². The lowest BCUT2D eigenvalue weighted by atomic mass is 10.1. The Kier molecular flexibility index (Phi) is 3.37. The molecule has 0 saturated heterocycles. The van der Waals surface area contributed by atoms with Gasteiger partial charge in [-0.25, -0.2) is 9.59 Å². The number of benzene rings is 1. The van der Waals surface area contributed by atoms with Gasteiger partial charge in [-0.05, 0) is 18.4 Å². The van der Waals surface area contributed by atoms with E-state index in [1.54, 1.807) is 0 Å². The Labute approximate surface area is 122 Å². The third-order valence-corrected chi connectivity index (χ3v) is 3.91. The molecule has 1 spiro atoms. The summed E-state index contributed by atoms with van der Waals surface area (Å²) in [4.78, 5) is 29.4. The van der Waals surface area contributed by atoms with Crippen LogP contribution in [0.2, 0.25) is 0 Å². The summed E-state index contributed by atoms with van der Waals surface area (Å²) in [5, 5.41) is 0. The molecule has 2 aliphatic rings. The molecule has 1 saturated carbocycles. The molecular formula is C15H16N2O4. The van der Waals surface area contributed by atoms with Gasteiger partial charge in [0.05, 0.1) is 19.0 Å². The van der Waals surface area contributed by atoms with Crippen LogP contribution in [0.25, 0.3) is 0 Å². The topological polar surface area (TPSA) is 68.2 Å². The molecular weight excluding hydrogens is 272 g/mol. The van der Waals surface area contributed by atoms with Crippen molar-refractivity contribution in [2.24, 2.45) is 4.99 Å². The van der Waals surface area contributed by atoms with Gasteiger partial charge in [0.1, 0.15) is 6.61 Å². The summed E-state index contributed by atoms with van der Waals surface area (Å²) in [5.74, 6) is -0.415. The molecule has 1 aliphatic heterocycles. The monoisotopic (exact) mass is 288 g/mol. The Morgan fingerprint density at radius 1 is 1.33 bits per heavy atom. The number of carbonyl (C=O) groups excluding carboxylic acids is 2. The second-order valence-electron chi connectivity index (χ2n) is 5.20. The SMILES string of the molecule is COC(=O)C1N=CN(C(=O)OCc2ccccc2)C12CC2. The van der Waals surface area contributed by atoms with E-state index < -0.39 is 23.6 Å². The second kappa shape index (κ2) is 5.20. The van der Waals surface area contributed by atoms with Gasteiger partial charge in [-0.3, -0.25) is 9.89 Å². The van der Waals surface area contributed by atoms with Gasteiger partial charge in [-0.2, -0.15) is 0 Å². The van der Waals surface area contributed by atoms with Crippen LogP contribution in [0, 0.1) is 0 Å². The third kappa shape index (κ3) is 2.37. The van der Waals surface area contributed by atoms with Crippen molar-refractivity contribution in [2.75, 3.05) is 7.11 Å². The molecule has 110 valence electrons. The number of rotatable bonds is 3. The summed E-state index contributed by atoms with van der Waals surface area (Å²) in [6.07, 6.45) is 2.37. The van der Waals surface area contributed by atoms with Crippen molar-refractivity contribution in [3.05, 3.63) is 35.9 Å². The summed E-state index contributed by atoms with van der Waals surface area (Å²) >= 11 is 0. The zero-order valence-corrected chi connectivity index (χ0v) is 11.7. The van der Waals surface area contributed by atoms with Crippen LogP contribution in [0.4, 0.5) is 4.79 Å². The first kappa shape index (κ1) is 13.6. The summed E-state index contributed by atoms with van der Waals surface area (Å²) in [6.45, 7) is 0.197.